The zero-order chi connectivity index (χ0) is 13.4. The van der Waals surface area contributed by atoms with Crippen LogP contribution in [-0.2, 0) is 14.3 Å². The van der Waals surface area contributed by atoms with Crippen molar-refractivity contribution >= 4 is 5.97 Å². The van der Waals surface area contributed by atoms with E-state index in [2.05, 4.69) is 0 Å². The topological polar surface area (TPSA) is 79.2 Å². The Morgan fingerprint density at radius 2 is 2.28 bits per heavy atom. The largest absolute Gasteiger partial charge is 0.481 e. The molecule has 0 amide bonds. The molecule has 106 valence electrons. The van der Waals surface area contributed by atoms with Crippen molar-refractivity contribution in [3.63, 3.8) is 0 Å². The van der Waals surface area contributed by atoms with Gasteiger partial charge in [-0.15, -0.1) is 0 Å². The number of β-amino-alcohol motifs (C(OH)–C–C–N with tert-alkyl or cyclic N) is 1. The summed E-state index contributed by atoms with van der Waals surface area (Å²) in [5.74, 6) is -1.05. The summed E-state index contributed by atoms with van der Waals surface area (Å²) >= 11 is 0. The summed E-state index contributed by atoms with van der Waals surface area (Å²) in [5, 5.41) is 18.7. The van der Waals surface area contributed by atoms with Gasteiger partial charge in [-0.2, -0.15) is 0 Å². The van der Waals surface area contributed by atoms with Gasteiger partial charge in [0.2, 0.25) is 0 Å². The molecule has 1 fully saturated rings. The lowest BCUT2D eigenvalue weighted by Crippen LogP contribution is -2.43. The molecule has 0 saturated carbocycles. The average Bonchev–Trinajstić information content (AvgIpc) is 2.35. The summed E-state index contributed by atoms with van der Waals surface area (Å²) in [7, 11) is 1.60. The molecule has 2 atom stereocenters. The van der Waals surface area contributed by atoms with E-state index >= 15 is 0 Å². The Morgan fingerprint density at radius 1 is 1.50 bits per heavy atom. The molecule has 0 bridgehead atoms. The van der Waals surface area contributed by atoms with E-state index in [9.17, 15) is 9.90 Å². The van der Waals surface area contributed by atoms with Gasteiger partial charge < -0.3 is 19.7 Å². The lowest BCUT2D eigenvalue weighted by molar-refractivity contribution is -0.143. The van der Waals surface area contributed by atoms with E-state index in [1.165, 1.54) is 0 Å². The third-order valence-electron chi connectivity index (χ3n) is 3.07. The van der Waals surface area contributed by atoms with E-state index < -0.39 is 12.1 Å². The molecule has 0 aliphatic carbocycles. The molecule has 6 nitrogen and oxygen atoms in total. The van der Waals surface area contributed by atoms with Crippen molar-refractivity contribution in [1.82, 2.24) is 4.90 Å². The van der Waals surface area contributed by atoms with Gasteiger partial charge in [-0.3, -0.25) is 9.69 Å². The van der Waals surface area contributed by atoms with Crippen LogP contribution in [0.25, 0.3) is 0 Å². The number of nitrogens with zero attached hydrogens (tertiary/aromatic N) is 1. The minimum Gasteiger partial charge on any atom is -0.481 e. The number of carboxylic acid groups (broad SMARTS) is 1. The Kier molecular flexibility index (Phi) is 7.19. The molecule has 0 radical (unpaired) electrons. The number of aliphatic hydroxyl groups is 1. The smallest absolute Gasteiger partial charge is 0.307 e. The summed E-state index contributed by atoms with van der Waals surface area (Å²) in [6, 6.07) is 0. The molecule has 0 aromatic carbocycles. The number of carboxylic acids is 1. The first-order valence-electron chi connectivity index (χ1n) is 6.33. The van der Waals surface area contributed by atoms with Crippen molar-refractivity contribution in [2.45, 2.75) is 18.9 Å². The number of carbonyl (C=O) groups is 1. The highest BCUT2D eigenvalue weighted by Crippen LogP contribution is 2.16. The van der Waals surface area contributed by atoms with E-state index in [0.29, 0.717) is 26.3 Å². The Morgan fingerprint density at radius 3 is 2.94 bits per heavy atom. The van der Waals surface area contributed by atoms with E-state index in [4.69, 9.17) is 14.6 Å². The van der Waals surface area contributed by atoms with Crippen molar-refractivity contribution in [3.05, 3.63) is 0 Å². The van der Waals surface area contributed by atoms with Gasteiger partial charge in [0.25, 0.3) is 0 Å². The third-order valence-corrected chi connectivity index (χ3v) is 3.07. The van der Waals surface area contributed by atoms with Crippen molar-refractivity contribution < 1.29 is 24.5 Å². The van der Waals surface area contributed by atoms with Crippen LogP contribution in [-0.4, -0.2) is 73.8 Å². The molecular weight excluding hydrogens is 238 g/mol. The number of methoxy groups -OCH3 is 1. The Bertz CT molecular complexity index is 249. The number of aliphatic carboxylic acids is 1. The molecular formula is C12H23NO5. The average molecular weight is 261 g/mol. The Hall–Kier alpha value is -0.690. The summed E-state index contributed by atoms with van der Waals surface area (Å²) in [5.41, 5.74) is 0. The van der Waals surface area contributed by atoms with Gasteiger partial charge >= 0.3 is 5.97 Å². The first-order valence-corrected chi connectivity index (χ1v) is 6.33. The summed E-state index contributed by atoms with van der Waals surface area (Å²) in [6.07, 6.45) is 1.02. The number of likely N-dealkylation sites (tertiary alicyclic amines) is 1. The first kappa shape index (κ1) is 15.4. The molecule has 1 saturated heterocycles. The van der Waals surface area contributed by atoms with Gasteiger partial charge in [-0.05, 0) is 19.4 Å². The van der Waals surface area contributed by atoms with Crippen LogP contribution in [0.2, 0.25) is 0 Å². The minimum absolute atomic E-state index is 0.262. The van der Waals surface area contributed by atoms with Crippen molar-refractivity contribution in [1.29, 1.82) is 0 Å². The SMILES string of the molecule is COCCOCC(O)CN1CCCC(C(=O)O)C1. The second-order valence-corrected chi connectivity index (χ2v) is 4.66. The molecule has 1 aliphatic heterocycles. The summed E-state index contributed by atoms with van der Waals surface area (Å²) in [4.78, 5) is 12.9. The molecule has 6 heteroatoms. The molecule has 0 spiro atoms. The highest BCUT2D eigenvalue weighted by Gasteiger charge is 2.26. The number of hydrogen-bond acceptors (Lipinski definition) is 5. The molecule has 2 unspecified atom stereocenters. The fraction of sp³-hybridized carbons (Fsp3) is 0.917. The fourth-order valence-corrected chi connectivity index (χ4v) is 2.14. The third kappa shape index (κ3) is 5.77. The molecule has 0 aromatic heterocycles. The van der Waals surface area contributed by atoms with Gasteiger partial charge in [-0.25, -0.2) is 0 Å². The monoisotopic (exact) mass is 261 g/mol. The second-order valence-electron chi connectivity index (χ2n) is 4.66. The van der Waals surface area contributed by atoms with Gasteiger partial charge in [0.1, 0.15) is 0 Å². The number of piperidine rings is 1. The summed E-state index contributed by atoms with van der Waals surface area (Å²) < 4.78 is 10.1. The van der Waals surface area contributed by atoms with Gasteiger partial charge in [0, 0.05) is 20.2 Å². The quantitative estimate of drug-likeness (QED) is 0.589. The van der Waals surface area contributed by atoms with Crippen LogP contribution in [0.15, 0.2) is 0 Å². The number of ether oxygens (including phenoxy) is 2. The van der Waals surface area contributed by atoms with E-state index in [1.54, 1.807) is 7.11 Å². The van der Waals surface area contributed by atoms with Crippen LogP contribution >= 0.6 is 0 Å². The molecule has 1 rings (SSSR count). The van der Waals surface area contributed by atoms with E-state index in [1.807, 2.05) is 4.90 Å². The highest BCUT2D eigenvalue weighted by molar-refractivity contribution is 5.70. The van der Waals surface area contributed by atoms with Crippen molar-refractivity contribution in [3.8, 4) is 0 Å². The maximum absolute atomic E-state index is 10.9. The second kappa shape index (κ2) is 8.42. The van der Waals surface area contributed by atoms with Crippen LogP contribution in [0.3, 0.4) is 0 Å². The lowest BCUT2D eigenvalue weighted by Gasteiger charge is -2.31. The number of aliphatic hydroxyl groups excluding tert-OH is 1. The van der Waals surface area contributed by atoms with Crippen LogP contribution in [0, 0.1) is 5.92 Å². The van der Waals surface area contributed by atoms with Crippen LogP contribution in [0.1, 0.15) is 12.8 Å². The normalized spacial score (nSPS) is 22.9. The van der Waals surface area contributed by atoms with Gasteiger partial charge in [-0.1, -0.05) is 0 Å². The van der Waals surface area contributed by atoms with Crippen molar-refractivity contribution in [2.24, 2.45) is 5.92 Å². The summed E-state index contributed by atoms with van der Waals surface area (Å²) in [6.45, 7) is 3.07. The fourth-order valence-electron chi connectivity index (χ4n) is 2.14. The molecule has 1 aliphatic rings. The highest BCUT2D eigenvalue weighted by atomic mass is 16.5. The van der Waals surface area contributed by atoms with Crippen LogP contribution in [0.4, 0.5) is 0 Å². The van der Waals surface area contributed by atoms with Gasteiger partial charge in [0.05, 0.1) is 31.8 Å². The molecule has 0 aromatic rings. The Labute approximate surface area is 107 Å². The molecule has 2 N–H and O–H groups in total. The predicted molar refractivity (Wildman–Crippen MR) is 65.5 cm³/mol. The molecule has 1 heterocycles. The maximum atomic E-state index is 10.9. The van der Waals surface area contributed by atoms with E-state index in [-0.39, 0.29) is 12.5 Å². The zero-order valence-electron chi connectivity index (χ0n) is 10.9. The zero-order valence-corrected chi connectivity index (χ0v) is 10.9. The van der Waals surface area contributed by atoms with Crippen LogP contribution < -0.4 is 0 Å². The Balaban J connectivity index is 2.18. The predicted octanol–water partition coefficient (Wildman–Crippen LogP) is -0.193. The van der Waals surface area contributed by atoms with Gasteiger partial charge in [0.15, 0.2) is 0 Å². The standard InChI is InChI=1S/C12H23NO5/c1-17-5-6-18-9-11(14)8-13-4-2-3-10(7-13)12(15)16/h10-11,14H,2-9H2,1H3,(H,15,16). The lowest BCUT2D eigenvalue weighted by atomic mass is 9.98. The minimum atomic E-state index is -0.745. The number of hydrogen-bond donors (Lipinski definition) is 2. The maximum Gasteiger partial charge on any atom is 0.307 e. The molecule has 18 heavy (non-hydrogen) atoms. The first-order chi connectivity index (χ1) is 8.63. The van der Waals surface area contributed by atoms with Crippen LogP contribution in [0.5, 0.6) is 0 Å². The van der Waals surface area contributed by atoms with E-state index in [0.717, 1.165) is 19.4 Å². The van der Waals surface area contributed by atoms with Crippen molar-refractivity contribution in [2.75, 3.05) is 46.6 Å². The number of rotatable bonds is 8.